The number of rotatable bonds is 3. The first kappa shape index (κ1) is 10.9. The van der Waals surface area contributed by atoms with Crippen LogP contribution in [0.5, 0.6) is 0 Å². The lowest BCUT2D eigenvalue weighted by Gasteiger charge is -2.10. The second-order valence-electron chi connectivity index (χ2n) is 4.12. The Bertz CT molecular complexity index is 526. The van der Waals surface area contributed by atoms with Gasteiger partial charge in [0.1, 0.15) is 0 Å². The van der Waals surface area contributed by atoms with Crippen LogP contribution in [0.25, 0.3) is 16.3 Å². The molecule has 0 saturated heterocycles. The highest BCUT2D eigenvalue weighted by Gasteiger charge is 2.05. The number of hydrogen-bond donors (Lipinski definition) is 1. The Kier molecular flexibility index (Phi) is 3.07. The summed E-state index contributed by atoms with van der Waals surface area (Å²) in [6, 6.07) is 12.8. The van der Waals surface area contributed by atoms with Gasteiger partial charge < -0.3 is 5.73 Å². The van der Waals surface area contributed by atoms with Crippen LogP contribution < -0.4 is 5.73 Å². The average molecular weight is 211 g/mol. The van der Waals surface area contributed by atoms with Gasteiger partial charge in [0, 0.05) is 0 Å². The quantitative estimate of drug-likeness (QED) is 0.826. The molecule has 0 fully saturated rings. The molecule has 82 valence electrons. The van der Waals surface area contributed by atoms with E-state index in [1.165, 1.54) is 21.9 Å². The summed E-state index contributed by atoms with van der Waals surface area (Å²) in [5, 5.41) is 2.58. The van der Waals surface area contributed by atoms with E-state index >= 15 is 0 Å². The number of hydrogen-bond acceptors (Lipinski definition) is 1. The highest BCUT2D eigenvalue weighted by molar-refractivity contribution is 5.95. The zero-order valence-corrected chi connectivity index (χ0v) is 9.66. The summed E-state index contributed by atoms with van der Waals surface area (Å²) in [5.41, 5.74) is 9.24. The maximum Gasteiger partial charge on any atom is -0.00367 e. The van der Waals surface area contributed by atoms with E-state index in [1.807, 2.05) is 0 Å². The predicted octanol–water partition coefficient (Wildman–Crippen LogP) is 3.51. The highest BCUT2D eigenvalue weighted by atomic mass is 14.5. The molecule has 0 heterocycles. The minimum Gasteiger partial charge on any atom is -0.330 e. The SMILES string of the molecule is C=C(CCN)c1ccc(C)c2ccccc12. The predicted molar refractivity (Wildman–Crippen MR) is 71.4 cm³/mol. The van der Waals surface area contributed by atoms with Crippen molar-refractivity contribution in [2.75, 3.05) is 6.54 Å². The minimum atomic E-state index is 0.654. The van der Waals surface area contributed by atoms with Gasteiger partial charge in [0.15, 0.2) is 0 Å². The zero-order chi connectivity index (χ0) is 11.5. The van der Waals surface area contributed by atoms with Gasteiger partial charge in [-0.2, -0.15) is 0 Å². The molecule has 0 atom stereocenters. The molecule has 0 saturated carbocycles. The Hall–Kier alpha value is -1.60. The summed E-state index contributed by atoms with van der Waals surface area (Å²) in [5.74, 6) is 0. The molecular weight excluding hydrogens is 194 g/mol. The second kappa shape index (κ2) is 4.50. The number of nitrogens with two attached hydrogens (primary N) is 1. The first-order valence-electron chi connectivity index (χ1n) is 5.60. The molecular formula is C15H17N. The maximum atomic E-state index is 5.58. The van der Waals surface area contributed by atoms with E-state index in [4.69, 9.17) is 5.73 Å². The lowest BCUT2D eigenvalue weighted by molar-refractivity contribution is 1.03. The lowest BCUT2D eigenvalue weighted by Crippen LogP contribution is -1.99. The van der Waals surface area contributed by atoms with E-state index in [0.717, 1.165) is 12.0 Å². The van der Waals surface area contributed by atoms with E-state index in [1.54, 1.807) is 0 Å². The Morgan fingerprint density at radius 2 is 1.81 bits per heavy atom. The van der Waals surface area contributed by atoms with Gasteiger partial charge in [-0.15, -0.1) is 0 Å². The van der Waals surface area contributed by atoms with Crippen LogP contribution in [0, 0.1) is 6.92 Å². The van der Waals surface area contributed by atoms with Crippen LogP contribution in [-0.4, -0.2) is 6.54 Å². The smallest absolute Gasteiger partial charge is 0.00367 e. The molecule has 2 aromatic carbocycles. The van der Waals surface area contributed by atoms with Gasteiger partial charge in [-0.05, 0) is 47.4 Å². The molecule has 0 aromatic heterocycles. The molecule has 0 amide bonds. The normalized spacial score (nSPS) is 10.6. The highest BCUT2D eigenvalue weighted by Crippen LogP contribution is 2.27. The Morgan fingerprint density at radius 3 is 2.50 bits per heavy atom. The van der Waals surface area contributed by atoms with Crippen LogP contribution in [0.15, 0.2) is 43.0 Å². The van der Waals surface area contributed by atoms with Gasteiger partial charge in [-0.1, -0.05) is 43.0 Å². The van der Waals surface area contributed by atoms with Crippen molar-refractivity contribution in [1.82, 2.24) is 0 Å². The van der Waals surface area contributed by atoms with Crippen molar-refractivity contribution in [3.63, 3.8) is 0 Å². The van der Waals surface area contributed by atoms with E-state index in [9.17, 15) is 0 Å². The Morgan fingerprint density at radius 1 is 1.12 bits per heavy atom. The second-order valence-corrected chi connectivity index (χ2v) is 4.12. The molecule has 2 N–H and O–H groups in total. The van der Waals surface area contributed by atoms with E-state index in [2.05, 4.69) is 49.9 Å². The van der Waals surface area contributed by atoms with Crippen LogP contribution in [0.2, 0.25) is 0 Å². The van der Waals surface area contributed by atoms with Crippen LogP contribution in [0.3, 0.4) is 0 Å². The molecule has 0 spiro atoms. The van der Waals surface area contributed by atoms with Crippen molar-refractivity contribution in [2.45, 2.75) is 13.3 Å². The summed E-state index contributed by atoms with van der Waals surface area (Å²) < 4.78 is 0. The molecule has 0 aliphatic heterocycles. The van der Waals surface area contributed by atoms with Crippen LogP contribution in [0.1, 0.15) is 17.5 Å². The van der Waals surface area contributed by atoms with Crippen LogP contribution in [-0.2, 0) is 0 Å². The van der Waals surface area contributed by atoms with Crippen molar-refractivity contribution >= 4 is 16.3 Å². The van der Waals surface area contributed by atoms with Crippen molar-refractivity contribution < 1.29 is 0 Å². The van der Waals surface area contributed by atoms with E-state index < -0.39 is 0 Å². The van der Waals surface area contributed by atoms with Gasteiger partial charge in [0.25, 0.3) is 0 Å². The fraction of sp³-hybridized carbons (Fsp3) is 0.200. The summed E-state index contributed by atoms with van der Waals surface area (Å²) in [6.07, 6.45) is 0.854. The molecule has 1 heteroatoms. The van der Waals surface area contributed by atoms with Gasteiger partial charge in [-0.3, -0.25) is 0 Å². The van der Waals surface area contributed by atoms with E-state index in [-0.39, 0.29) is 0 Å². The van der Waals surface area contributed by atoms with E-state index in [0.29, 0.717) is 6.54 Å². The lowest BCUT2D eigenvalue weighted by atomic mass is 9.95. The molecule has 0 unspecified atom stereocenters. The van der Waals surface area contributed by atoms with Crippen molar-refractivity contribution in [2.24, 2.45) is 5.73 Å². The molecule has 0 bridgehead atoms. The minimum absolute atomic E-state index is 0.654. The largest absolute Gasteiger partial charge is 0.330 e. The van der Waals surface area contributed by atoms with Gasteiger partial charge in [0.2, 0.25) is 0 Å². The first-order chi connectivity index (χ1) is 7.74. The van der Waals surface area contributed by atoms with Crippen molar-refractivity contribution in [3.8, 4) is 0 Å². The number of fused-ring (bicyclic) bond motifs is 1. The average Bonchev–Trinajstić information content (AvgIpc) is 2.30. The fourth-order valence-electron chi connectivity index (χ4n) is 2.07. The molecule has 16 heavy (non-hydrogen) atoms. The number of benzene rings is 2. The zero-order valence-electron chi connectivity index (χ0n) is 9.66. The fourth-order valence-corrected chi connectivity index (χ4v) is 2.07. The first-order valence-corrected chi connectivity index (χ1v) is 5.60. The molecule has 0 radical (unpaired) electrons. The molecule has 2 rings (SSSR count). The van der Waals surface area contributed by atoms with Crippen LogP contribution in [0.4, 0.5) is 0 Å². The Balaban J connectivity index is 2.63. The Labute approximate surface area is 96.6 Å². The van der Waals surface area contributed by atoms with Crippen LogP contribution >= 0.6 is 0 Å². The monoisotopic (exact) mass is 211 g/mol. The molecule has 1 nitrogen and oxygen atoms in total. The molecule has 0 aliphatic carbocycles. The summed E-state index contributed by atoms with van der Waals surface area (Å²) in [4.78, 5) is 0. The molecule has 2 aromatic rings. The third-order valence-corrected chi connectivity index (χ3v) is 2.97. The number of aryl methyl sites for hydroxylation is 1. The maximum absolute atomic E-state index is 5.58. The van der Waals surface area contributed by atoms with Crippen molar-refractivity contribution in [3.05, 3.63) is 54.1 Å². The topological polar surface area (TPSA) is 26.0 Å². The van der Waals surface area contributed by atoms with Gasteiger partial charge in [-0.25, -0.2) is 0 Å². The van der Waals surface area contributed by atoms with Crippen molar-refractivity contribution in [1.29, 1.82) is 0 Å². The third kappa shape index (κ3) is 1.86. The third-order valence-electron chi connectivity index (χ3n) is 2.97. The van der Waals surface area contributed by atoms with Gasteiger partial charge in [0.05, 0.1) is 0 Å². The summed E-state index contributed by atoms with van der Waals surface area (Å²) in [7, 11) is 0. The standard InChI is InChI=1S/C15H17N/c1-11-7-8-14(12(2)9-10-16)15-6-4-3-5-13(11)15/h3-8H,2,9-10,16H2,1H3. The summed E-state index contributed by atoms with van der Waals surface area (Å²) in [6.45, 7) is 6.90. The molecule has 0 aliphatic rings. The summed E-state index contributed by atoms with van der Waals surface area (Å²) >= 11 is 0. The van der Waals surface area contributed by atoms with Gasteiger partial charge >= 0.3 is 0 Å².